The lowest BCUT2D eigenvalue weighted by atomic mass is 10.1. The summed E-state index contributed by atoms with van der Waals surface area (Å²) in [5, 5.41) is 14.2. The molecule has 2 unspecified atom stereocenters. The minimum atomic E-state index is -3.50. The average molecular weight is 579 g/mol. The van der Waals surface area contributed by atoms with Crippen LogP contribution in [0.3, 0.4) is 0 Å². The summed E-state index contributed by atoms with van der Waals surface area (Å²) >= 11 is 11.9. The Morgan fingerprint density at radius 3 is 2.43 bits per heavy atom. The molecule has 208 valence electrons. The van der Waals surface area contributed by atoms with E-state index in [1.807, 2.05) is 6.07 Å². The van der Waals surface area contributed by atoms with E-state index in [0.717, 1.165) is 43.4 Å². The Morgan fingerprint density at radius 2 is 1.86 bits per heavy atom. The highest BCUT2D eigenvalue weighted by Gasteiger charge is 2.32. The van der Waals surface area contributed by atoms with E-state index < -0.39 is 12.6 Å². The van der Waals surface area contributed by atoms with Gasteiger partial charge < -0.3 is 14.6 Å². The lowest BCUT2D eigenvalue weighted by Crippen LogP contribution is -2.43. The Labute approximate surface area is 230 Å². The number of hydrogen-bond donors (Lipinski definition) is 1. The molecule has 0 radical (unpaired) electrons. The van der Waals surface area contributed by atoms with Crippen molar-refractivity contribution in [2.75, 3.05) is 51.5 Å². The largest absolute Gasteiger partial charge is 0.434 e. The highest BCUT2D eigenvalue weighted by molar-refractivity contribution is 7.54. The van der Waals surface area contributed by atoms with Crippen LogP contribution in [0.15, 0.2) is 36.5 Å². The number of nitrogens with zero attached hydrogens (tertiary/aromatic N) is 5. The summed E-state index contributed by atoms with van der Waals surface area (Å²) in [6.07, 6.45) is 4.22. The van der Waals surface area contributed by atoms with E-state index in [0.29, 0.717) is 25.3 Å². The molecule has 0 spiro atoms. The molecule has 0 bridgehead atoms. The van der Waals surface area contributed by atoms with E-state index in [1.54, 1.807) is 4.67 Å². The minimum absolute atomic E-state index is 0.103. The summed E-state index contributed by atoms with van der Waals surface area (Å²) in [5.41, 5.74) is 1.78. The van der Waals surface area contributed by atoms with Crippen LogP contribution in [0, 0.1) is 10.1 Å². The molecule has 2 aromatic rings. The maximum absolute atomic E-state index is 13.9. The number of nitrogens with one attached hydrogen (secondary N) is 1. The molecule has 1 aromatic carbocycles. The summed E-state index contributed by atoms with van der Waals surface area (Å²) in [6, 6.07) is 10.5. The zero-order chi connectivity index (χ0) is 27.3. The molecule has 2 atom stereocenters. The van der Waals surface area contributed by atoms with Gasteiger partial charge in [-0.1, -0.05) is 35.3 Å². The highest BCUT2D eigenvalue weighted by atomic mass is 35.5. The normalized spacial score (nSPS) is 15.0. The Morgan fingerprint density at radius 1 is 1.19 bits per heavy atom. The number of hydrogen-bond acceptors (Lipinski definition) is 5. The molecule has 0 amide bonds. The number of aromatic nitrogens is 2. The van der Waals surface area contributed by atoms with Gasteiger partial charge in [-0.15, -0.1) is 23.2 Å². The molecule has 0 aliphatic carbocycles. The van der Waals surface area contributed by atoms with Gasteiger partial charge in [0, 0.05) is 37.0 Å². The van der Waals surface area contributed by atoms with Gasteiger partial charge >= 0.3 is 13.6 Å². The van der Waals surface area contributed by atoms with Crippen molar-refractivity contribution in [3.05, 3.63) is 57.9 Å². The van der Waals surface area contributed by atoms with Crippen LogP contribution in [-0.4, -0.2) is 75.2 Å². The third-order valence-electron chi connectivity index (χ3n) is 6.53. The van der Waals surface area contributed by atoms with E-state index in [4.69, 9.17) is 27.7 Å². The van der Waals surface area contributed by atoms with E-state index in [-0.39, 0.29) is 24.3 Å². The predicted molar refractivity (Wildman–Crippen MR) is 149 cm³/mol. The maximum Gasteiger partial charge on any atom is 0.434 e. The fourth-order valence-electron chi connectivity index (χ4n) is 4.08. The van der Waals surface area contributed by atoms with Gasteiger partial charge in [-0.05, 0) is 31.1 Å². The second kappa shape index (κ2) is 15.8. The molecule has 0 aliphatic heterocycles. The molecule has 37 heavy (non-hydrogen) atoms. The lowest BCUT2D eigenvalue weighted by molar-refractivity contribution is -0.921. The topological polar surface area (TPSA) is 103 Å². The van der Waals surface area contributed by atoms with Crippen molar-refractivity contribution in [1.82, 2.24) is 19.3 Å². The van der Waals surface area contributed by atoms with E-state index in [1.165, 1.54) is 23.4 Å². The van der Waals surface area contributed by atoms with Crippen molar-refractivity contribution >= 4 is 36.8 Å². The van der Waals surface area contributed by atoms with Crippen molar-refractivity contribution < 1.29 is 18.5 Å². The van der Waals surface area contributed by atoms with Crippen LogP contribution in [0.25, 0.3) is 0 Å². The molecule has 2 rings (SSSR count). The van der Waals surface area contributed by atoms with Crippen LogP contribution in [-0.2, 0) is 29.3 Å². The fourth-order valence-corrected chi connectivity index (χ4v) is 6.65. The molecule has 1 N–H and O–H groups in total. The van der Waals surface area contributed by atoms with Crippen LogP contribution >= 0.6 is 30.9 Å². The summed E-state index contributed by atoms with van der Waals surface area (Å²) in [5.74, 6) is 0.222. The van der Waals surface area contributed by atoms with Gasteiger partial charge in [0.25, 0.3) is 0 Å². The van der Waals surface area contributed by atoms with E-state index in [2.05, 4.69) is 48.3 Å². The monoisotopic (exact) mass is 577 g/mol. The number of alkyl halides is 2. The third-order valence-corrected chi connectivity index (χ3v) is 9.11. The molecule has 0 saturated heterocycles. The second-order valence-electron chi connectivity index (χ2n) is 9.26. The van der Waals surface area contributed by atoms with Crippen LogP contribution in [0.4, 0.5) is 5.95 Å². The number of halogens is 2. The van der Waals surface area contributed by atoms with Gasteiger partial charge in [0.05, 0.1) is 27.2 Å². The summed E-state index contributed by atoms with van der Waals surface area (Å²) in [4.78, 5) is 14.3. The van der Waals surface area contributed by atoms with E-state index >= 15 is 0 Å². The van der Waals surface area contributed by atoms with Crippen LogP contribution < -0.4 is 5.09 Å². The number of unbranched alkanes of at least 4 members (excludes halogenated alkanes) is 2. The van der Waals surface area contributed by atoms with Crippen molar-refractivity contribution in [2.45, 2.75) is 39.3 Å². The first kappa shape index (κ1) is 31.7. The van der Waals surface area contributed by atoms with Crippen LogP contribution in [0.1, 0.15) is 37.4 Å². The van der Waals surface area contributed by atoms with Gasteiger partial charge in [0.2, 0.25) is 0 Å². The molecule has 13 heteroatoms. The standard InChI is InChI=1S/C24H40Cl2N6O4P/c1-4-32(3,20-22-11-7-5-8-12-22)18-10-6-9-15-28-37(35,30(16-13-25)17-14-26)36-21-23-19-27-24(29(23)2)31(33)34/h5,7-8,11-12,19H,4,6,9-10,13-18,20-21H2,1-3H3,(H,28,35)/q+1. The molecular formula is C24H40Cl2N6O4P+. The van der Waals surface area contributed by atoms with Gasteiger partial charge in [-0.3, -0.25) is 9.09 Å². The van der Waals surface area contributed by atoms with Crippen molar-refractivity contribution in [1.29, 1.82) is 0 Å². The Balaban J connectivity index is 1.93. The van der Waals surface area contributed by atoms with Crippen LogP contribution in [0.2, 0.25) is 0 Å². The average Bonchev–Trinajstić information content (AvgIpc) is 3.26. The zero-order valence-corrected chi connectivity index (χ0v) is 24.4. The smallest absolute Gasteiger partial charge is 0.390 e. The van der Waals surface area contributed by atoms with Gasteiger partial charge in [0.15, 0.2) is 0 Å². The molecule has 1 aromatic heterocycles. The number of quaternary nitrogens is 1. The zero-order valence-electron chi connectivity index (χ0n) is 22.0. The minimum Gasteiger partial charge on any atom is -0.390 e. The Kier molecular flexibility index (Phi) is 13.5. The number of imidazole rings is 1. The van der Waals surface area contributed by atoms with Gasteiger partial charge in [0.1, 0.15) is 25.0 Å². The van der Waals surface area contributed by atoms with Crippen LogP contribution in [0.5, 0.6) is 0 Å². The second-order valence-corrected chi connectivity index (χ2v) is 12.2. The first-order chi connectivity index (χ1) is 17.7. The number of benzene rings is 1. The first-order valence-electron chi connectivity index (χ1n) is 12.6. The molecule has 0 aliphatic rings. The molecule has 0 saturated carbocycles. The SMILES string of the molecule is CC[N+](C)(CCCCCNP(=O)(OCc1cnc([N+](=O)[O-])n1C)N(CCCl)CCCl)Cc1ccccc1. The molecule has 10 nitrogen and oxygen atoms in total. The fraction of sp³-hybridized carbons (Fsp3) is 0.625. The molecular weight excluding hydrogens is 538 g/mol. The van der Waals surface area contributed by atoms with Crippen molar-refractivity contribution in [2.24, 2.45) is 7.05 Å². The van der Waals surface area contributed by atoms with Crippen molar-refractivity contribution in [3.8, 4) is 0 Å². The van der Waals surface area contributed by atoms with Gasteiger partial charge in [-0.2, -0.15) is 0 Å². The lowest BCUT2D eigenvalue weighted by Gasteiger charge is -2.34. The molecule has 0 fully saturated rings. The molecule has 1 heterocycles. The summed E-state index contributed by atoms with van der Waals surface area (Å²) in [7, 11) is 0.314. The Bertz CT molecular complexity index is 1010. The predicted octanol–water partition coefficient (Wildman–Crippen LogP) is 5.16. The van der Waals surface area contributed by atoms with Crippen molar-refractivity contribution in [3.63, 3.8) is 0 Å². The van der Waals surface area contributed by atoms with E-state index in [9.17, 15) is 14.7 Å². The van der Waals surface area contributed by atoms with Gasteiger partial charge in [-0.25, -0.2) is 14.3 Å². The third kappa shape index (κ3) is 9.94. The summed E-state index contributed by atoms with van der Waals surface area (Å²) < 4.78 is 23.6. The summed E-state index contributed by atoms with van der Waals surface area (Å²) in [6.45, 7) is 6.38. The number of nitro groups is 1. The first-order valence-corrected chi connectivity index (χ1v) is 15.2. The Hall–Kier alpha value is -1.52. The maximum atomic E-state index is 13.9. The number of rotatable bonds is 19. The quantitative estimate of drug-likeness (QED) is 0.0614. The highest BCUT2D eigenvalue weighted by Crippen LogP contribution is 2.47.